The van der Waals surface area contributed by atoms with Gasteiger partial charge in [0.05, 0.1) is 5.88 Å². The Morgan fingerprint density at radius 1 is 1.44 bits per heavy atom. The maximum Gasteiger partial charge on any atom is 0.132 e. The monoisotopic (exact) mass is 162 g/mol. The fourth-order valence-corrected chi connectivity index (χ4v) is 1.34. The maximum atomic E-state index is 5.51. The Morgan fingerprint density at radius 3 is 2.44 bits per heavy atom. The van der Waals surface area contributed by atoms with Crippen LogP contribution < -0.4 is 0 Å². The lowest BCUT2D eigenvalue weighted by Crippen LogP contribution is -1.76. The van der Waals surface area contributed by atoms with Gasteiger partial charge in [-0.2, -0.15) is 0 Å². The quantitative estimate of drug-likeness (QED) is 0.621. The lowest BCUT2D eigenvalue weighted by Gasteiger charge is -1.77. The Morgan fingerprint density at radius 2 is 2.11 bits per heavy atom. The summed E-state index contributed by atoms with van der Waals surface area (Å²) in [6, 6.07) is 0. The molecule has 1 heterocycles. The van der Waals surface area contributed by atoms with E-state index in [1.54, 1.807) is 11.3 Å². The molecule has 2 nitrogen and oxygen atoms in total. The van der Waals surface area contributed by atoms with Crippen molar-refractivity contribution in [2.45, 2.75) is 19.2 Å². The Balaban J connectivity index is 2.74. The molecule has 1 aromatic rings. The minimum atomic E-state index is 0.484. The van der Waals surface area contributed by atoms with Crippen LogP contribution in [0.3, 0.4) is 0 Å². The molecule has 0 aliphatic carbocycles. The molecular weight excluding hydrogens is 156 g/mol. The van der Waals surface area contributed by atoms with Crippen LogP contribution in [-0.4, -0.2) is 10.2 Å². The van der Waals surface area contributed by atoms with Gasteiger partial charge in [0, 0.05) is 0 Å². The third-order valence-electron chi connectivity index (χ3n) is 0.925. The van der Waals surface area contributed by atoms with Gasteiger partial charge in [0.15, 0.2) is 0 Å². The minimum absolute atomic E-state index is 0.484. The molecule has 0 amide bonds. The van der Waals surface area contributed by atoms with E-state index in [0.717, 1.165) is 16.4 Å². The first-order valence-corrected chi connectivity index (χ1v) is 4.09. The number of rotatable bonds is 2. The summed E-state index contributed by atoms with van der Waals surface area (Å²) < 4.78 is 0. The van der Waals surface area contributed by atoms with Crippen molar-refractivity contribution in [3.63, 3.8) is 0 Å². The van der Waals surface area contributed by atoms with E-state index in [1.165, 1.54) is 0 Å². The van der Waals surface area contributed by atoms with Crippen LogP contribution in [0.15, 0.2) is 0 Å². The molecule has 4 heteroatoms. The predicted octanol–water partition coefficient (Wildman–Crippen LogP) is 1.84. The number of aromatic nitrogens is 2. The molecule has 0 N–H and O–H groups in total. The number of hydrogen-bond donors (Lipinski definition) is 0. The van der Waals surface area contributed by atoms with E-state index in [0.29, 0.717) is 5.88 Å². The van der Waals surface area contributed by atoms with E-state index in [-0.39, 0.29) is 0 Å². The second-order valence-electron chi connectivity index (χ2n) is 1.58. The van der Waals surface area contributed by atoms with Crippen LogP contribution in [0.5, 0.6) is 0 Å². The molecule has 0 aliphatic heterocycles. The molecule has 0 fully saturated rings. The topological polar surface area (TPSA) is 25.8 Å². The maximum absolute atomic E-state index is 5.51. The zero-order valence-electron chi connectivity index (χ0n) is 5.09. The van der Waals surface area contributed by atoms with Crippen molar-refractivity contribution in [3.8, 4) is 0 Å². The minimum Gasteiger partial charge on any atom is -0.144 e. The molecule has 0 saturated heterocycles. The average Bonchev–Trinajstić information content (AvgIpc) is 2.34. The smallest absolute Gasteiger partial charge is 0.132 e. The van der Waals surface area contributed by atoms with E-state index in [1.807, 2.05) is 0 Å². The Hall–Kier alpha value is -0.150. The fraction of sp³-hybridized carbons (Fsp3) is 0.600. The van der Waals surface area contributed by atoms with Crippen LogP contribution in [0, 0.1) is 0 Å². The summed E-state index contributed by atoms with van der Waals surface area (Å²) in [5.41, 5.74) is 0. The van der Waals surface area contributed by atoms with Crippen molar-refractivity contribution < 1.29 is 0 Å². The molecule has 0 radical (unpaired) electrons. The van der Waals surface area contributed by atoms with Gasteiger partial charge in [-0.25, -0.2) is 0 Å². The standard InChI is InChI=1S/C5H7ClN2S/c1-2-4-7-8-5(3-6)9-4/h2-3H2,1H3. The van der Waals surface area contributed by atoms with Gasteiger partial charge in [-0.1, -0.05) is 6.92 Å². The second-order valence-corrected chi connectivity index (χ2v) is 2.99. The SMILES string of the molecule is CCc1nnc(CCl)s1. The molecule has 0 atom stereocenters. The Kier molecular flexibility index (Phi) is 2.42. The van der Waals surface area contributed by atoms with Gasteiger partial charge in [0.1, 0.15) is 10.0 Å². The first-order valence-electron chi connectivity index (χ1n) is 2.74. The number of alkyl halides is 1. The van der Waals surface area contributed by atoms with Crippen LogP contribution in [0.2, 0.25) is 0 Å². The number of nitrogens with zero attached hydrogens (tertiary/aromatic N) is 2. The summed E-state index contributed by atoms with van der Waals surface area (Å²) in [5.74, 6) is 0.484. The highest BCUT2D eigenvalue weighted by Gasteiger charge is 1.98. The fourth-order valence-electron chi connectivity index (χ4n) is 0.485. The first kappa shape index (κ1) is 6.96. The molecule has 1 rings (SSSR count). The van der Waals surface area contributed by atoms with E-state index < -0.39 is 0 Å². The van der Waals surface area contributed by atoms with Crippen molar-refractivity contribution in [1.82, 2.24) is 10.2 Å². The summed E-state index contributed by atoms with van der Waals surface area (Å²) in [4.78, 5) is 0. The molecule has 0 aromatic carbocycles. The lowest BCUT2D eigenvalue weighted by molar-refractivity contribution is 0.961. The van der Waals surface area contributed by atoms with Crippen LogP contribution in [0.4, 0.5) is 0 Å². The largest absolute Gasteiger partial charge is 0.144 e. The highest BCUT2D eigenvalue weighted by Crippen LogP contribution is 2.11. The average molecular weight is 163 g/mol. The van der Waals surface area contributed by atoms with E-state index in [9.17, 15) is 0 Å². The van der Waals surface area contributed by atoms with Crippen molar-refractivity contribution in [2.75, 3.05) is 0 Å². The van der Waals surface area contributed by atoms with E-state index in [2.05, 4.69) is 17.1 Å². The third kappa shape index (κ3) is 1.63. The molecule has 0 saturated carbocycles. The highest BCUT2D eigenvalue weighted by molar-refractivity contribution is 7.11. The van der Waals surface area contributed by atoms with Crippen LogP contribution >= 0.6 is 22.9 Å². The van der Waals surface area contributed by atoms with Gasteiger partial charge < -0.3 is 0 Å². The van der Waals surface area contributed by atoms with Gasteiger partial charge >= 0.3 is 0 Å². The molecule has 0 aliphatic rings. The number of aryl methyl sites for hydroxylation is 1. The van der Waals surface area contributed by atoms with Crippen molar-refractivity contribution >= 4 is 22.9 Å². The molecule has 1 aromatic heterocycles. The molecule has 9 heavy (non-hydrogen) atoms. The second kappa shape index (κ2) is 3.13. The van der Waals surface area contributed by atoms with Crippen LogP contribution in [-0.2, 0) is 12.3 Å². The highest BCUT2D eigenvalue weighted by atomic mass is 35.5. The van der Waals surface area contributed by atoms with Gasteiger partial charge in [-0.15, -0.1) is 33.1 Å². The van der Waals surface area contributed by atoms with Crippen LogP contribution in [0.25, 0.3) is 0 Å². The zero-order chi connectivity index (χ0) is 6.69. The Bertz CT molecular complexity index is 168. The molecule has 50 valence electrons. The first-order chi connectivity index (χ1) is 4.36. The van der Waals surface area contributed by atoms with Gasteiger partial charge in [-0.05, 0) is 6.42 Å². The summed E-state index contributed by atoms with van der Waals surface area (Å²) in [7, 11) is 0. The normalized spacial score (nSPS) is 10.0. The summed E-state index contributed by atoms with van der Waals surface area (Å²) in [6.07, 6.45) is 0.953. The third-order valence-corrected chi connectivity index (χ3v) is 2.40. The predicted molar refractivity (Wildman–Crippen MR) is 38.8 cm³/mol. The molecule has 0 spiro atoms. The van der Waals surface area contributed by atoms with Crippen LogP contribution in [0.1, 0.15) is 16.9 Å². The number of halogens is 1. The number of hydrogen-bond acceptors (Lipinski definition) is 3. The zero-order valence-corrected chi connectivity index (χ0v) is 6.67. The molecule has 0 bridgehead atoms. The molecular formula is C5H7ClN2S. The molecule has 0 unspecified atom stereocenters. The summed E-state index contributed by atoms with van der Waals surface area (Å²) in [6.45, 7) is 2.05. The summed E-state index contributed by atoms with van der Waals surface area (Å²) >= 11 is 7.08. The lowest BCUT2D eigenvalue weighted by atomic mass is 10.5. The van der Waals surface area contributed by atoms with E-state index >= 15 is 0 Å². The summed E-state index contributed by atoms with van der Waals surface area (Å²) in [5, 5.41) is 9.70. The van der Waals surface area contributed by atoms with Gasteiger partial charge in [0.25, 0.3) is 0 Å². The Labute approximate surface area is 62.9 Å². The van der Waals surface area contributed by atoms with Crippen molar-refractivity contribution in [1.29, 1.82) is 0 Å². The van der Waals surface area contributed by atoms with E-state index in [4.69, 9.17) is 11.6 Å². The van der Waals surface area contributed by atoms with Crippen molar-refractivity contribution in [3.05, 3.63) is 10.0 Å². The van der Waals surface area contributed by atoms with Gasteiger partial charge in [-0.3, -0.25) is 0 Å². The van der Waals surface area contributed by atoms with Crippen molar-refractivity contribution in [2.24, 2.45) is 0 Å². The van der Waals surface area contributed by atoms with Gasteiger partial charge in [0.2, 0.25) is 0 Å².